The summed E-state index contributed by atoms with van der Waals surface area (Å²) in [4.78, 5) is 4.37. The summed E-state index contributed by atoms with van der Waals surface area (Å²) in [5.41, 5.74) is 4.80. The molecule has 0 radical (unpaired) electrons. The Kier molecular flexibility index (Phi) is 5.17. The highest BCUT2D eigenvalue weighted by atomic mass is 19.1. The lowest BCUT2D eigenvalue weighted by Gasteiger charge is -2.12. The molecule has 0 atom stereocenters. The predicted octanol–water partition coefficient (Wildman–Crippen LogP) is 5.23. The van der Waals surface area contributed by atoms with Crippen LogP contribution in [0.25, 0.3) is 22.6 Å². The molecule has 4 nitrogen and oxygen atoms in total. The summed E-state index contributed by atoms with van der Waals surface area (Å²) < 4.78 is 16.1. The minimum Gasteiger partial charge on any atom is -0.258 e. The molecule has 0 unspecified atom stereocenters. The minimum atomic E-state index is -0.296. The van der Waals surface area contributed by atoms with Crippen LogP contribution in [0.15, 0.2) is 72.9 Å². The van der Waals surface area contributed by atoms with E-state index in [-0.39, 0.29) is 12.4 Å². The Hall–Kier alpha value is -3.78. The fourth-order valence-electron chi connectivity index (χ4n) is 3.49. The molecule has 0 aliphatic rings. The fraction of sp³-hybridized carbons (Fsp3) is 0.125. The third kappa shape index (κ3) is 3.53. The van der Waals surface area contributed by atoms with E-state index < -0.39 is 0 Å². The molecule has 142 valence electrons. The van der Waals surface area contributed by atoms with Crippen molar-refractivity contribution in [2.24, 2.45) is 0 Å². The number of benzene rings is 2. The predicted molar refractivity (Wildman–Crippen MR) is 110 cm³/mol. The number of hydrogen-bond acceptors (Lipinski definition) is 3. The molecule has 5 heteroatoms. The van der Waals surface area contributed by atoms with E-state index in [1.54, 1.807) is 29.1 Å². The number of halogens is 1. The molecule has 0 fully saturated rings. The zero-order chi connectivity index (χ0) is 20.2. The number of rotatable bonds is 5. The van der Waals surface area contributed by atoms with Gasteiger partial charge in [-0.2, -0.15) is 10.4 Å². The number of nitriles is 1. The largest absolute Gasteiger partial charge is 0.258 e. The molecule has 0 amide bonds. The SMILES string of the molecule is CCc1ccccc1-c1c(C#N)c(-c2ccccn2)nn1Cc1ccccc1F. The molecule has 29 heavy (non-hydrogen) atoms. The average Bonchev–Trinajstić information content (AvgIpc) is 3.14. The minimum absolute atomic E-state index is 0.224. The molecular formula is C24H19FN4. The number of hydrogen-bond donors (Lipinski definition) is 0. The van der Waals surface area contributed by atoms with Crippen molar-refractivity contribution in [3.63, 3.8) is 0 Å². The van der Waals surface area contributed by atoms with Gasteiger partial charge in [0.2, 0.25) is 0 Å². The van der Waals surface area contributed by atoms with E-state index in [9.17, 15) is 9.65 Å². The van der Waals surface area contributed by atoms with E-state index in [1.807, 2.05) is 42.5 Å². The molecule has 0 spiro atoms. The summed E-state index contributed by atoms with van der Waals surface area (Å²) in [6.07, 6.45) is 2.48. The Labute approximate surface area is 168 Å². The van der Waals surface area contributed by atoms with E-state index in [0.29, 0.717) is 28.2 Å². The molecule has 4 rings (SSSR count). The molecule has 0 saturated carbocycles. The van der Waals surface area contributed by atoms with Crippen LogP contribution in [0, 0.1) is 17.1 Å². The zero-order valence-corrected chi connectivity index (χ0v) is 16.0. The number of pyridine rings is 1. The topological polar surface area (TPSA) is 54.5 Å². The molecule has 0 saturated heterocycles. The van der Waals surface area contributed by atoms with Gasteiger partial charge in [-0.15, -0.1) is 0 Å². The lowest BCUT2D eigenvalue weighted by atomic mass is 9.98. The fourth-order valence-corrected chi connectivity index (χ4v) is 3.49. The highest BCUT2D eigenvalue weighted by Crippen LogP contribution is 2.33. The number of aromatic nitrogens is 3. The van der Waals surface area contributed by atoms with Crippen molar-refractivity contribution in [1.29, 1.82) is 5.26 Å². The summed E-state index contributed by atoms with van der Waals surface area (Å²) in [6, 6.07) is 22.4. The maximum absolute atomic E-state index is 14.3. The van der Waals surface area contributed by atoms with Crippen molar-refractivity contribution in [3.8, 4) is 28.7 Å². The summed E-state index contributed by atoms with van der Waals surface area (Å²) in [7, 11) is 0. The maximum Gasteiger partial charge on any atom is 0.129 e. The first kappa shape index (κ1) is 18.6. The van der Waals surface area contributed by atoms with E-state index in [4.69, 9.17) is 5.10 Å². The Morgan fingerprint density at radius 3 is 2.38 bits per heavy atom. The zero-order valence-electron chi connectivity index (χ0n) is 16.0. The van der Waals surface area contributed by atoms with Gasteiger partial charge < -0.3 is 0 Å². The average molecular weight is 382 g/mol. The molecule has 2 aromatic carbocycles. The van der Waals surface area contributed by atoms with Crippen molar-refractivity contribution in [3.05, 3.63) is 95.4 Å². The third-order valence-electron chi connectivity index (χ3n) is 4.90. The van der Waals surface area contributed by atoms with Gasteiger partial charge >= 0.3 is 0 Å². The summed E-state index contributed by atoms with van der Waals surface area (Å²) in [5.74, 6) is -0.296. The van der Waals surface area contributed by atoms with Gasteiger partial charge in [-0.05, 0) is 30.2 Å². The Bertz CT molecular complexity index is 1190. The van der Waals surface area contributed by atoms with Gasteiger partial charge in [-0.3, -0.25) is 9.67 Å². The van der Waals surface area contributed by atoms with Crippen molar-refractivity contribution in [1.82, 2.24) is 14.8 Å². The lowest BCUT2D eigenvalue weighted by Crippen LogP contribution is -2.07. The molecule has 0 aliphatic carbocycles. The van der Waals surface area contributed by atoms with Gasteiger partial charge in [0.05, 0.1) is 17.9 Å². The van der Waals surface area contributed by atoms with E-state index in [2.05, 4.69) is 18.0 Å². The first-order valence-electron chi connectivity index (χ1n) is 9.47. The van der Waals surface area contributed by atoms with Gasteiger partial charge in [0, 0.05) is 17.3 Å². The molecule has 2 heterocycles. The normalized spacial score (nSPS) is 10.7. The molecule has 2 aromatic heterocycles. The summed E-state index contributed by atoms with van der Waals surface area (Å²) in [6.45, 7) is 2.30. The van der Waals surface area contributed by atoms with Crippen molar-refractivity contribution >= 4 is 0 Å². The standard InChI is InChI=1S/C24H19FN4/c1-2-17-9-3-5-11-19(17)24-20(15-26)23(22-13-7-8-14-27-22)28-29(24)16-18-10-4-6-12-21(18)25/h3-14H,2,16H2,1H3. The van der Waals surface area contributed by atoms with Gasteiger partial charge in [-0.1, -0.05) is 55.5 Å². The van der Waals surface area contributed by atoms with Crippen LogP contribution in [0.3, 0.4) is 0 Å². The van der Waals surface area contributed by atoms with Crippen LogP contribution in [0.1, 0.15) is 23.6 Å². The van der Waals surface area contributed by atoms with E-state index >= 15 is 0 Å². The second-order valence-electron chi connectivity index (χ2n) is 6.66. The highest BCUT2D eigenvalue weighted by Gasteiger charge is 2.23. The molecular weight excluding hydrogens is 363 g/mol. The highest BCUT2D eigenvalue weighted by molar-refractivity contribution is 5.78. The van der Waals surface area contributed by atoms with Gasteiger partial charge in [0.1, 0.15) is 23.1 Å². The van der Waals surface area contributed by atoms with Gasteiger partial charge in [0.15, 0.2) is 0 Å². The second kappa shape index (κ2) is 8.07. The van der Waals surface area contributed by atoms with Crippen LogP contribution in [0.2, 0.25) is 0 Å². The Balaban J connectivity index is 1.97. The van der Waals surface area contributed by atoms with Crippen LogP contribution in [0.5, 0.6) is 0 Å². The van der Waals surface area contributed by atoms with Crippen molar-refractivity contribution < 1.29 is 4.39 Å². The van der Waals surface area contributed by atoms with Crippen LogP contribution < -0.4 is 0 Å². The molecule has 0 aliphatic heterocycles. The Morgan fingerprint density at radius 2 is 1.69 bits per heavy atom. The van der Waals surface area contributed by atoms with Crippen LogP contribution in [0.4, 0.5) is 4.39 Å². The van der Waals surface area contributed by atoms with Crippen molar-refractivity contribution in [2.45, 2.75) is 19.9 Å². The maximum atomic E-state index is 14.3. The number of aryl methyl sites for hydroxylation is 1. The summed E-state index contributed by atoms with van der Waals surface area (Å²) in [5, 5.41) is 14.7. The monoisotopic (exact) mass is 382 g/mol. The lowest BCUT2D eigenvalue weighted by molar-refractivity contribution is 0.587. The smallest absolute Gasteiger partial charge is 0.129 e. The molecule has 0 bridgehead atoms. The second-order valence-corrected chi connectivity index (χ2v) is 6.66. The molecule has 0 N–H and O–H groups in total. The van der Waals surface area contributed by atoms with Crippen LogP contribution in [-0.2, 0) is 13.0 Å². The third-order valence-corrected chi connectivity index (χ3v) is 4.90. The van der Waals surface area contributed by atoms with Gasteiger partial charge in [0.25, 0.3) is 0 Å². The van der Waals surface area contributed by atoms with Crippen LogP contribution in [-0.4, -0.2) is 14.8 Å². The first-order valence-corrected chi connectivity index (χ1v) is 9.47. The van der Waals surface area contributed by atoms with E-state index in [0.717, 1.165) is 17.5 Å². The van der Waals surface area contributed by atoms with Crippen LogP contribution >= 0.6 is 0 Å². The first-order chi connectivity index (χ1) is 14.2. The summed E-state index contributed by atoms with van der Waals surface area (Å²) >= 11 is 0. The number of nitrogens with zero attached hydrogens (tertiary/aromatic N) is 4. The van der Waals surface area contributed by atoms with Crippen molar-refractivity contribution in [2.75, 3.05) is 0 Å². The Morgan fingerprint density at radius 1 is 0.966 bits per heavy atom. The quantitative estimate of drug-likeness (QED) is 0.475. The van der Waals surface area contributed by atoms with E-state index in [1.165, 1.54) is 6.07 Å². The van der Waals surface area contributed by atoms with Gasteiger partial charge in [-0.25, -0.2) is 4.39 Å². The molecule has 4 aromatic rings.